The third-order valence-corrected chi connectivity index (χ3v) is 3.73. The molecule has 0 unspecified atom stereocenters. The summed E-state index contributed by atoms with van der Waals surface area (Å²) in [4.78, 5) is 20.5. The zero-order valence-corrected chi connectivity index (χ0v) is 13.8. The van der Waals surface area contributed by atoms with E-state index in [-0.39, 0.29) is 18.3 Å². The van der Waals surface area contributed by atoms with Crippen molar-refractivity contribution in [1.82, 2.24) is 14.5 Å². The Bertz CT molecular complexity index is 709. The zero-order valence-electron chi connectivity index (χ0n) is 13.0. The number of nitrogens with zero attached hydrogens (tertiary/aromatic N) is 4. The van der Waals surface area contributed by atoms with E-state index in [4.69, 9.17) is 0 Å². The van der Waals surface area contributed by atoms with Crippen LogP contribution in [0, 0.1) is 11.8 Å². The molecule has 0 N–H and O–H groups in total. The second kappa shape index (κ2) is 7.70. The van der Waals surface area contributed by atoms with Crippen LogP contribution in [0.25, 0.3) is 0 Å². The number of carbonyl (C=O) groups excluding carboxylic acids is 1. The van der Waals surface area contributed by atoms with Gasteiger partial charge in [-0.15, -0.1) is 12.4 Å². The van der Waals surface area contributed by atoms with Gasteiger partial charge >= 0.3 is 0 Å². The summed E-state index contributed by atoms with van der Waals surface area (Å²) in [7, 11) is 1.98. The van der Waals surface area contributed by atoms with Crippen LogP contribution >= 0.6 is 12.4 Å². The van der Waals surface area contributed by atoms with Crippen molar-refractivity contribution in [3.63, 3.8) is 0 Å². The maximum Gasteiger partial charge on any atom is 0.298 e. The fraction of sp³-hybridized carbons (Fsp3) is 0.294. The van der Waals surface area contributed by atoms with Crippen LogP contribution in [0.5, 0.6) is 0 Å². The first kappa shape index (κ1) is 16.9. The fourth-order valence-corrected chi connectivity index (χ4v) is 2.50. The molecule has 1 amide bonds. The molecule has 0 radical (unpaired) electrons. The number of benzene rings is 1. The highest BCUT2D eigenvalue weighted by Crippen LogP contribution is 2.12. The summed E-state index contributed by atoms with van der Waals surface area (Å²) >= 11 is 0. The summed E-state index contributed by atoms with van der Waals surface area (Å²) in [5, 5.41) is 0. The highest BCUT2D eigenvalue weighted by Gasteiger charge is 2.21. The average molecular weight is 331 g/mol. The Morgan fingerprint density at radius 2 is 1.83 bits per heavy atom. The van der Waals surface area contributed by atoms with Gasteiger partial charge in [0.1, 0.15) is 0 Å². The van der Waals surface area contributed by atoms with Gasteiger partial charge in [0, 0.05) is 57.1 Å². The van der Waals surface area contributed by atoms with Crippen LogP contribution in [-0.2, 0) is 11.8 Å². The quantitative estimate of drug-likeness (QED) is 0.745. The van der Waals surface area contributed by atoms with E-state index in [1.54, 1.807) is 11.1 Å². The molecule has 2 heterocycles. The number of piperazine rings is 1. The van der Waals surface area contributed by atoms with Gasteiger partial charge in [0.15, 0.2) is 0 Å². The van der Waals surface area contributed by atoms with E-state index in [2.05, 4.69) is 21.7 Å². The summed E-state index contributed by atoms with van der Waals surface area (Å²) in [6.45, 7) is 2.91. The van der Waals surface area contributed by atoms with Crippen molar-refractivity contribution < 1.29 is 4.79 Å². The Hall–Kier alpha value is -2.45. The average Bonchev–Trinajstić information content (AvgIpc) is 3.00. The van der Waals surface area contributed by atoms with Crippen molar-refractivity contribution in [3.8, 4) is 11.8 Å². The summed E-state index contributed by atoms with van der Waals surface area (Å²) < 4.78 is 1.99. The molecule has 1 aliphatic rings. The van der Waals surface area contributed by atoms with Gasteiger partial charge in [-0.25, -0.2) is 4.98 Å². The monoisotopic (exact) mass is 330 g/mol. The minimum atomic E-state index is -0.108. The molecule has 3 rings (SSSR count). The maximum absolute atomic E-state index is 12.1. The first-order valence-corrected chi connectivity index (χ1v) is 7.32. The minimum absolute atomic E-state index is 0. The molecule has 5 nitrogen and oxygen atoms in total. The van der Waals surface area contributed by atoms with Gasteiger partial charge in [-0.3, -0.25) is 4.79 Å². The second-order valence-corrected chi connectivity index (χ2v) is 5.23. The van der Waals surface area contributed by atoms with Crippen molar-refractivity contribution >= 4 is 24.3 Å². The first-order chi connectivity index (χ1) is 10.7. The molecule has 6 heteroatoms. The second-order valence-electron chi connectivity index (χ2n) is 5.23. The molecular formula is C17H19ClN4O. The van der Waals surface area contributed by atoms with Crippen LogP contribution in [0.15, 0.2) is 42.7 Å². The van der Waals surface area contributed by atoms with Crippen LogP contribution in [-0.4, -0.2) is 46.5 Å². The van der Waals surface area contributed by atoms with Crippen molar-refractivity contribution in [2.24, 2.45) is 7.05 Å². The number of hydrogen-bond donors (Lipinski definition) is 0. The van der Waals surface area contributed by atoms with Crippen molar-refractivity contribution in [2.75, 3.05) is 31.1 Å². The lowest BCUT2D eigenvalue weighted by Gasteiger charge is -2.34. The minimum Gasteiger partial charge on any atom is -0.339 e. The highest BCUT2D eigenvalue weighted by molar-refractivity contribution is 5.94. The summed E-state index contributed by atoms with van der Waals surface area (Å²) in [5.74, 6) is 6.48. The zero-order chi connectivity index (χ0) is 15.4. The maximum atomic E-state index is 12.1. The van der Waals surface area contributed by atoms with Gasteiger partial charge in [0.25, 0.3) is 5.91 Å². The van der Waals surface area contributed by atoms with E-state index in [1.165, 1.54) is 0 Å². The first-order valence-electron chi connectivity index (χ1n) is 7.32. The number of aromatic nitrogens is 2. The lowest BCUT2D eigenvalue weighted by Crippen LogP contribution is -2.49. The number of amides is 1. The fourth-order valence-electron chi connectivity index (χ4n) is 2.50. The van der Waals surface area contributed by atoms with E-state index in [1.807, 2.05) is 48.1 Å². The van der Waals surface area contributed by atoms with Crippen molar-refractivity contribution in [3.05, 3.63) is 48.3 Å². The molecule has 1 fully saturated rings. The van der Waals surface area contributed by atoms with Crippen molar-refractivity contribution in [2.45, 2.75) is 0 Å². The third-order valence-electron chi connectivity index (χ3n) is 3.73. The van der Waals surface area contributed by atoms with Crippen LogP contribution < -0.4 is 4.90 Å². The molecule has 120 valence electrons. The van der Waals surface area contributed by atoms with E-state index < -0.39 is 0 Å². The van der Waals surface area contributed by atoms with E-state index in [9.17, 15) is 4.79 Å². The number of aryl methyl sites for hydroxylation is 1. The number of imidazole rings is 1. The molecule has 1 aliphatic heterocycles. The highest BCUT2D eigenvalue weighted by atomic mass is 35.5. The third kappa shape index (κ3) is 4.05. The summed E-state index contributed by atoms with van der Waals surface area (Å²) in [6, 6.07) is 9.57. The lowest BCUT2D eigenvalue weighted by molar-refractivity contribution is -0.125. The number of anilines is 1. The van der Waals surface area contributed by atoms with Crippen LogP contribution in [0.4, 0.5) is 5.95 Å². The number of carbonyl (C=O) groups is 1. The van der Waals surface area contributed by atoms with Gasteiger partial charge in [0.05, 0.1) is 0 Å². The molecule has 0 bridgehead atoms. The smallest absolute Gasteiger partial charge is 0.298 e. The van der Waals surface area contributed by atoms with Crippen LogP contribution in [0.2, 0.25) is 0 Å². The summed E-state index contributed by atoms with van der Waals surface area (Å²) in [5.41, 5.74) is 0.863. The lowest BCUT2D eigenvalue weighted by atomic mass is 10.2. The molecule has 2 aromatic rings. The molecule has 23 heavy (non-hydrogen) atoms. The van der Waals surface area contributed by atoms with Gasteiger partial charge in [0.2, 0.25) is 5.95 Å². The van der Waals surface area contributed by atoms with E-state index >= 15 is 0 Å². The largest absolute Gasteiger partial charge is 0.339 e. The molecule has 1 aromatic carbocycles. The number of halogens is 1. The van der Waals surface area contributed by atoms with Gasteiger partial charge in [-0.05, 0) is 12.1 Å². The normalized spacial score (nSPS) is 13.8. The molecule has 0 atom stereocenters. The molecule has 0 aliphatic carbocycles. The Labute approximate surface area is 142 Å². The standard InChI is InChI=1S/C17H18N4O.ClH/c1-19-10-9-18-17(19)21-13-11-20(12-14-21)16(22)8-7-15-5-3-2-4-6-15;/h2-6,9-10H,11-14H2,1H3;1H. The topological polar surface area (TPSA) is 41.4 Å². The molecular weight excluding hydrogens is 312 g/mol. The van der Waals surface area contributed by atoms with Crippen molar-refractivity contribution in [1.29, 1.82) is 0 Å². The molecule has 0 saturated carbocycles. The number of rotatable bonds is 1. The summed E-state index contributed by atoms with van der Waals surface area (Å²) in [6.07, 6.45) is 3.72. The SMILES string of the molecule is Cl.Cn1ccnc1N1CCN(C(=O)C#Cc2ccccc2)CC1. The van der Waals surface area contributed by atoms with Gasteiger partial charge in [-0.1, -0.05) is 24.1 Å². The Balaban J connectivity index is 0.00000192. The predicted molar refractivity (Wildman–Crippen MR) is 92.6 cm³/mol. The van der Waals surface area contributed by atoms with E-state index in [0.717, 1.165) is 24.6 Å². The number of hydrogen-bond acceptors (Lipinski definition) is 3. The van der Waals surface area contributed by atoms with Crippen LogP contribution in [0.1, 0.15) is 5.56 Å². The molecule has 0 spiro atoms. The van der Waals surface area contributed by atoms with E-state index in [0.29, 0.717) is 13.1 Å². The Kier molecular flexibility index (Phi) is 5.67. The van der Waals surface area contributed by atoms with Gasteiger partial charge < -0.3 is 14.4 Å². The van der Waals surface area contributed by atoms with Gasteiger partial charge in [-0.2, -0.15) is 0 Å². The predicted octanol–water partition coefficient (Wildman–Crippen LogP) is 1.54. The molecule has 1 saturated heterocycles. The molecule has 1 aromatic heterocycles. The Morgan fingerprint density at radius 3 is 2.43 bits per heavy atom. The van der Waals surface area contributed by atoms with Crippen LogP contribution in [0.3, 0.4) is 0 Å². The Morgan fingerprint density at radius 1 is 1.13 bits per heavy atom.